The van der Waals surface area contributed by atoms with Gasteiger partial charge >= 0.3 is 0 Å². The maximum atomic E-state index is 13.0. The van der Waals surface area contributed by atoms with Crippen LogP contribution in [0, 0.1) is 0 Å². The normalized spacial score (nSPS) is 12.0. The third-order valence-corrected chi connectivity index (χ3v) is 7.67. The molecule has 8 nitrogen and oxygen atoms in total. The van der Waals surface area contributed by atoms with Gasteiger partial charge in [-0.1, -0.05) is 26.0 Å². The van der Waals surface area contributed by atoms with E-state index < -0.39 is 20.0 Å². The fourth-order valence-corrected chi connectivity index (χ4v) is 5.64. The van der Waals surface area contributed by atoms with Gasteiger partial charge in [0.1, 0.15) is 21.3 Å². The Kier molecular flexibility index (Phi) is 7.50. The van der Waals surface area contributed by atoms with Gasteiger partial charge in [-0.3, -0.25) is 4.72 Å². The summed E-state index contributed by atoms with van der Waals surface area (Å²) < 4.78 is 66.0. The molecule has 0 radical (unpaired) electrons. The van der Waals surface area contributed by atoms with Crippen molar-refractivity contribution >= 4 is 25.7 Å². The Bertz CT molecular complexity index is 1050. The van der Waals surface area contributed by atoms with E-state index in [4.69, 9.17) is 9.47 Å². The second kappa shape index (κ2) is 9.47. The van der Waals surface area contributed by atoms with Crippen molar-refractivity contribution in [1.82, 2.24) is 4.31 Å². The Hall–Kier alpha value is -2.30. The Labute approximate surface area is 172 Å². The Morgan fingerprint density at radius 1 is 0.897 bits per heavy atom. The molecule has 1 N–H and O–H groups in total. The second-order valence-electron chi connectivity index (χ2n) is 5.94. The van der Waals surface area contributed by atoms with Crippen LogP contribution < -0.4 is 14.2 Å². The van der Waals surface area contributed by atoms with Crippen LogP contribution in [-0.2, 0) is 20.0 Å². The summed E-state index contributed by atoms with van der Waals surface area (Å²) in [6.45, 7) is 6.04. The van der Waals surface area contributed by atoms with Crippen molar-refractivity contribution in [3.63, 3.8) is 0 Å². The molecule has 0 aromatic heterocycles. The summed E-state index contributed by atoms with van der Waals surface area (Å²) in [5.74, 6) is 0.349. The van der Waals surface area contributed by atoms with E-state index in [2.05, 4.69) is 4.72 Å². The number of nitrogens with zero attached hydrogens (tertiary/aromatic N) is 1. The first-order valence-corrected chi connectivity index (χ1v) is 12.1. The van der Waals surface area contributed by atoms with E-state index in [1.54, 1.807) is 32.9 Å². The monoisotopic (exact) mass is 442 g/mol. The highest BCUT2D eigenvalue weighted by atomic mass is 32.2. The standard InChI is InChI=1S/C19H26N2O6S2/c1-5-21(6-2)29(24,25)19-14-15(12-13-17(19)27-7-3)20-28(22,23)18-11-9-8-10-16(18)26-4/h8-14,20H,5-7H2,1-4H3. The molecule has 2 aromatic rings. The summed E-state index contributed by atoms with van der Waals surface area (Å²) in [5, 5.41) is 0. The lowest BCUT2D eigenvalue weighted by atomic mass is 10.3. The molecule has 2 aromatic carbocycles. The van der Waals surface area contributed by atoms with Crippen LogP contribution in [0.25, 0.3) is 0 Å². The van der Waals surface area contributed by atoms with Gasteiger partial charge < -0.3 is 9.47 Å². The summed E-state index contributed by atoms with van der Waals surface area (Å²) in [4.78, 5) is -0.146. The molecule has 0 unspecified atom stereocenters. The maximum absolute atomic E-state index is 13.0. The average Bonchev–Trinajstić information content (AvgIpc) is 2.69. The van der Waals surface area contributed by atoms with Crippen LogP contribution in [0.3, 0.4) is 0 Å². The molecule has 29 heavy (non-hydrogen) atoms. The zero-order chi connectivity index (χ0) is 21.7. The molecule has 0 bridgehead atoms. The van der Waals surface area contributed by atoms with Gasteiger partial charge in [0.15, 0.2) is 0 Å². The highest BCUT2D eigenvalue weighted by Gasteiger charge is 2.27. The molecular formula is C19H26N2O6S2. The smallest absolute Gasteiger partial charge is 0.265 e. The maximum Gasteiger partial charge on any atom is 0.265 e. The molecule has 0 amide bonds. The van der Waals surface area contributed by atoms with Gasteiger partial charge in [0, 0.05) is 13.1 Å². The fraction of sp³-hybridized carbons (Fsp3) is 0.368. The van der Waals surface area contributed by atoms with E-state index >= 15 is 0 Å². The summed E-state index contributed by atoms with van der Waals surface area (Å²) in [6, 6.07) is 10.3. The van der Waals surface area contributed by atoms with Crippen LogP contribution in [0.2, 0.25) is 0 Å². The third-order valence-electron chi connectivity index (χ3n) is 4.18. The largest absolute Gasteiger partial charge is 0.495 e. The van der Waals surface area contributed by atoms with Gasteiger partial charge in [0.05, 0.1) is 19.4 Å². The highest BCUT2D eigenvalue weighted by molar-refractivity contribution is 7.92. The number of hydrogen-bond acceptors (Lipinski definition) is 6. The van der Waals surface area contributed by atoms with E-state index in [1.165, 1.54) is 41.7 Å². The molecular weight excluding hydrogens is 416 g/mol. The van der Waals surface area contributed by atoms with E-state index in [1.807, 2.05) is 0 Å². The molecule has 0 aliphatic carbocycles. The topological polar surface area (TPSA) is 102 Å². The van der Waals surface area contributed by atoms with E-state index in [9.17, 15) is 16.8 Å². The fourth-order valence-electron chi connectivity index (χ4n) is 2.80. The van der Waals surface area contributed by atoms with Gasteiger partial charge in [-0.2, -0.15) is 4.31 Å². The molecule has 10 heteroatoms. The quantitative estimate of drug-likeness (QED) is 0.607. The molecule has 0 saturated carbocycles. The molecule has 0 heterocycles. The minimum atomic E-state index is -4.00. The summed E-state index contributed by atoms with van der Waals surface area (Å²) in [7, 11) is -6.48. The Morgan fingerprint density at radius 3 is 2.14 bits per heavy atom. The number of ether oxygens (including phenoxy) is 2. The lowest BCUT2D eigenvalue weighted by Crippen LogP contribution is -2.31. The third kappa shape index (κ3) is 5.01. The second-order valence-corrected chi connectivity index (χ2v) is 9.50. The number of rotatable bonds is 10. The van der Waals surface area contributed by atoms with Crippen molar-refractivity contribution in [2.45, 2.75) is 30.6 Å². The Morgan fingerprint density at radius 2 is 1.55 bits per heavy atom. The van der Waals surface area contributed by atoms with Gasteiger partial charge in [0.25, 0.3) is 10.0 Å². The first-order chi connectivity index (χ1) is 13.7. The average molecular weight is 443 g/mol. The van der Waals surface area contributed by atoms with Crippen LogP contribution >= 0.6 is 0 Å². The van der Waals surface area contributed by atoms with Crippen molar-refractivity contribution < 1.29 is 26.3 Å². The number of nitrogens with one attached hydrogen (secondary N) is 1. The molecule has 0 aliphatic rings. The number of sulfonamides is 2. The SMILES string of the molecule is CCOc1ccc(NS(=O)(=O)c2ccccc2OC)cc1S(=O)(=O)N(CC)CC. The van der Waals surface area contributed by atoms with Crippen LogP contribution in [0.5, 0.6) is 11.5 Å². The molecule has 0 atom stereocenters. The minimum Gasteiger partial charge on any atom is -0.495 e. The molecule has 2 rings (SSSR count). The van der Waals surface area contributed by atoms with Crippen LogP contribution in [-0.4, -0.2) is 47.9 Å². The van der Waals surface area contributed by atoms with Crippen LogP contribution in [0.1, 0.15) is 20.8 Å². The number of benzene rings is 2. The van der Waals surface area contributed by atoms with E-state index in [0.29, 0.717) is 0 Å². The molecule has 0 saturated heterocycles. The number of para-hydroxylation sites is 1. The molecule has 0 spiro atoms. The van der Waals surface area contributed by atoms with Gasteiger partial charge in [-0.05, 0) is 37.3 Å². The minimum absolute atomic E-state index is 0.0514. The van der Waals surface area contributed by atoms with Crippen molar-refractivity contribution in [3.8, 4) is 11.5 Å². The predicted octanol–water partition coefficient (Wildman–Crippen LogP) is 2.93. The van der Waals surface area contributed by atoms with Gasteiger partial charge in [0.2, 0.25) is 10.0 Å². The van der Waals surface area contributed by atoms with Crippen LogP contribution in [0.4, 0.5) is 5.69 Å². The zero-order valence-corrected chi connectivity index (χ0v) is 18.5. The first-order valence-electron chi connectivity index (χ1n) is 9.14. The van der Waals surface area contributed by atoms with Gasteiger partial charge in [-0.15, -0.1) is 0 Å². The van der Waals surface area contributed by atoms with E-state index in [0.717, 1.165) is 0 Å². The zero-order valence-electron chi connectivity index (χ0n) is 16.9. The first kappa shape index (κ1) is 23.0. The number of hydrogen-bond donors (Lipinski definition) is 1. The number of methoxy groups -OCH3 is 1. The van der Waals surface area contributed by atoms with Crippen LogP contribution in [0.15, 0.2) is 52.3 Å². The lowest BCUT2D eigenvalue weighted by molar-refractivity contribution is 0.329. The molecule has 160 valence electrons. The van der Waals surface area contributed by atoms with Crippen molar-refractivity contribution in [2.75, 3.05) is 31.5 Å². The van der Waals surface area contributed by atoms with Gasteiger partial charge in [-0.25, -0.2) is 16.8 Å². The van der Waals surface area contributed by atoms with Crippen molar-refractivity contribution in [3.05, 3.63) is 42.5 Å². The summed E-state index contributed by atoms with van der Waals surface area (Å²) >= 11 is 0. The van der Waals surface area contributed by atoms with E-state index in [-0.39, 0.29) is 46.7 Å². The predicted molar refractivity (Wildman–Crippen MR) is 112 cm³/mol. The molecule has 0 fully saturated rings. The van der Waals surface area contributed by atoms with Crippen molar-refractivity contribution in [2.24, 2.45) is 0 Å². The molecule has 0 aliphatic heterocycles. The summed E-state index contributed by atoms with van der Waals surface area (Å²) in [5.41, 5.74) is 0.102. The van der Waals surface area contributed by atoms with Crippen molar-refractivity contribution in [1.29, 1.82) is 0 Å². The Balaban J connectivity index is 2.53. The highest BCUT2D eigenvalue weighted by Crippen LogP contribution is 2.32. The number of anilines is 1. The summed E-state index contributed by atoms with van der Waals surface area (Å²) in [6.07, 6.45) is 0. The lowest BCUT2D eigenvalue weighted by Gasteiger charge is -2.21.